The molecule has 11 heavy (non-hydrogen) atoms. The summed E-state index contributed by atoms with van der Waals surface area (Å²) in [6.07, 6.45) is -0.141. The van der Waals surface area contributed by atoms with Crippen LogP contribution < -0.4 is 0 Å². The van der Waals surface area contributed by atoms with Crippen molar-refractivity contribution in [3.05, 3.63) is 24.0 Å². The first-order valence-electron chi connectivity index (χ1n) is 3.31. The van der Waals surface area contributed by atoms with Crippen molar-refractivity contribution in [1.82, 2.24) is 4.98 Å². The molecule has 0 aliphatic rings. The number of H-pyrrole nitrogens is 1. The van der Waals surface area contributed by atoms with Crippen LogP contribution in [0.15, 0.2) is 18.3 Å². The molecule has 1 heterocycles. The highest BCUT2D eigenvalue weighted by molar-refractivity contribution is 6.18. The Balaban J connectivity index is 2.62. The van der Waals surface area contributed by atoms with Gasteiger partial charge in [-0.25, -0.2) is 0 Å². The van der Waals surface area contributed by atoms with Crippen molar-refractivity contribution in [2.75, 3.05) is 5.88 Å². The maximum absolute atomic E-state index is 9.31. The zero-order valence-corrected chi connectivity index (χ0v) is 6.62. The van der Waals surface area contributed by atoms with Crippen LogP contribution in [0.3, 0.4) is 0 Å². The standard InChI is InChI=1S/C7H10ClNO2/c8-4-6(10)7(11)5-2-1-3-9-5/h1-3,6-7,9-11H,4H2. The average Bonchev–Trinajstić information content (AvgIpc) is 2.53. The maximum Gasteiger partial charge on any atom is 0.121 e. The first kappa shape index (κ1) is 8.59. The molecule has 2 atom stereocenters. The van der Waals surface area contributed by atoms with Crippen molar-refractivity contribution < 1.29 is 10.2 Å². The number of alkyl halides is 1. The Bertz CT molecular complexity index is 200. The molecule has 0 aliphatic heterocycles. The summed E-state index contributed by atoms with van der Waals surface area (Å²) in [6, 6.07) is 3.44. The molecule has 0 spiro atoms. The lowest BCUT2D eigenvalue weighted by Gasteiger charge is -2.13. The number of hydrogen-bond donors (Lipinski definition) is 3. The van der Waals surface area contributed by atoms with Crippen molar-refractivity contribution in [1.29, 1.82) is 0 Å². The highest BCUT2D eigenvalue weighted by atomic mass is 35.5. The van der Waals surface area contributed by atoms with Gasteiger partial charge in [0.05, 0.1) is 12.0 Å². The van der Waals surface area contributed by atoms with Gasteiger partial charge in [-0.15, -0.1) is 11.6 Å². The third-order valence-corrected chi connectivity index (χ3v) is 1.78. The van der Waals surface area contributed by atoms with Crippen LogP contribution in [0, 0.1) is 0 Å². The van der Waals surface area contributed by atoms with Gasteiger partial charge in [0, 0.05) is 11.9 Å². The van der Waals surface area contributed by atoms with Crippen LogP contribution in [0.4, 0.5) is 0 Å². The van der Waals surface area contributed by atoms with Gasteiger partial charge in [0.2, 0.25) is 0 Å². The normalized spacial score (nSPS) is 16.3. The summed E-state index contributed by atoms with van der Waals surface area (Å²) in [4.78, 5) is 2.78. The van der Waals surface area contributed by atoms with Crippen LogP contribution in [-0.2, 0) is 0 Å². The number of aromatic amines is 1. The van der Waals surface area contributed by atoms with Gasteiger partial charge >= 0.3 is 0 Å². The predicted molar refractivity (Wildman–Crippen MR) is 42.5 cm³/mol. The fourth-order valence-corrected chi connectivity index (χ4v) is 0.989. The number of aliphatic hydroxyl groups is 2. The second kappa shape index (κ2) is 3.76. The van der Waals surface area contributed by atoms with Crippen LogP contribution in [0.5, 0.6) is 0 Å². The number of aliphatic hydroxyl groups excluding tert-OH is 2. The Labute approximate surface area is 69.6 Å². The van der Waals surface area contributed by atoms with E-state index in [2.05, 4.69) is 4.98 Å². The molecule has 0 radical (unpaired) electrons. The van der Waals surface area contributed by atoms with E-state index in [1.54, 1.807) is 18.3 Å². The monoisotopic (exact) mass is 175 g/mol. The summed E-state index contributed by atoms with van der Waals surface area (Å²) < 4.78 is 0. The van der Waals surface area contributed by atoms with Gasteiger partial charge in [-0.3, -0.25) is 0 Å². The molecular formula is C7H10ClNO2. The zero-order chi connectivity index (χ0) is 8.27. The van der Waals surface area contributed by atoms with Crippen LogP contribution in [-0.4, -0.2) is 27.2 Å². The molecule has 0 fully saturated rings. The van der Waals surface area contributed by atoms with E-state index in [1.807, 2.05) is 0 Å². The quantitative estimate of drug-likeness (QED) is 0.591. The third-order valence-electron chi connectivity index (χ3n) is 1.46. The summed E-state index contributed by atoms with van der Waals surface area (Å²) in [7, 11) is 0. The zero-order valence-electron chi connectivity index (χ0n) is 5.87. The molecule has 0 amide bonds. The second-order valence-corrected chi connectivity index (χ2v) is 2.60. The highest BCUT2D eigenvalue weighted by Crippen LogP contribution is 2.14. The molecular weight excluding hydrogens is 166 g/mol. The van der Waals surface area contributed by atoms with E-state index in [0.29, 0.717) is 5.69 Å². The predicted octanol–water partition coefficient (Wildman–Crippen LogP) is 0.648. The molecule has 1 aromatic heterocycles. The van der Waals surface area contributed by atoms with Crippen molar-refractivity contribution in [3.8, 4) is 0 Å². The van der Waals surface area contributed by atoms with Gasteiger partial charge in [0.25, 0.3) is 0 Å². The molecule has 1 rings (SSSR count). The van der Waals surface area contributed by atoms with Crippen LogP contribution in [0.2, 0.25) is 0 Å². The highest BCUT2D eigenvalue weighted by Gasteiger charge is 2.17. The fourth-order valence-electron chi connectivity index (χ4n) is 0.820. The van der Waals surface area contributed by atoms with Gasteiger partial charge in [0.1, 0.15) is 6.10 Å². The largest absolute Gasteiger partial charge is 0.389 e. The topological polar surface area (TPSA) is 56.2 Å². The van der Waals surface area contributed by atoms with E-state index in [0.717, 1.165) is 0 Å². The molecule has 1 aromatic rings. The minimum absolute atomic E-state index is 0.0280. The lowest BCUT2D eigenvalue weighted by molar-refractivity contribution is 0.0303. The summed E-state index contributed by atoms with van der Waals surface area (Å²) in [5.41, 5.74) is 0.582. The third kappa shape index (κ3) is 1.96. The summed E-state index contributed by atoms with van der Waals surface area (Å²) in [6.45, 7) is 0. The smallest absolute Gasteiger partial charge is 0.121 e. The van der Waals surface area contributed by atoms with Crippen LogP contribution >= 0.6 is 11.6 Å². The Morgan fingerprint density at radius 2 is 2.27 bits per heavy atom. The average molecular weight is 176 g/mol. The molecule has 3 N–H and O–H groups in total. The first-order valence-corrected chi connectivity index (χ1v) is 3.84. The summed E-state index contributed by atoms with van der Waals surface area (Å²) in [5, 5.41) is 18.4. The number of aromatic nitrogens is 1. The molecule has 0 aromatic carbocycles. The van der Waals surface area contributed by atoms with Crippen molar-refractivity contribution in [2.45, 2.75) is 12.2 Å². The van der Waals surface area contributed by atoms with Crippen molar-refractivity contribution >= 4 is 11.6 Å². The first-order chi connectivity index (χ1) is 5.25. The summed E-state index contributed by atoms with van der Waals surface area (Å²) in [5.74, 6) is 0.0280. The Morgan fingerprint density at radius 3 is 2.73 bits per heavy atom. The SMILES string of the molecule is OC(CCl)C(O)c1ccc[nH]1. The number of rotatable bonds is 3. The Hall–Kier alpha value is -0.510. The molecule has 3 nitrogen and oxygen atoms in total. The van der Waals surface area contributed by atoms with Gasteiger partial charge in [-0.2, -0.15) is 0 Å². The number of nitrogens with one attached hydrogen (secondary N) is 1. The van der Waals surface area contributed by atoms with E-state index in [1.165, 1.54) is 0 Å². The van der Waals surface area contributed by atoms with E-state index in [9.17, 15) is 5.11 Å². The molecule has 0 aliphatic carbocycles. The molecule has 0 bridgehead atoms. The number of hydrogen-bond acceptors (Lipinski definition) is 2. The molecule has 0 saturated heterocycles. The molecule has 0 saturated carbocycles. The number of halogens is 1. The minimum Gasteiger partial charge on any atom is -0.389 e. The van der Waals surface area contributed by atoms with E-state index >= 15 is 0 Å². The van der Waals surface area contributed by atoms with Crippen LogP contribution in [0.25, 0.3) is 0 Å². The van der Waals surface area contributed by atoms with Gasteiger partial charge in [0.15, 0.2) is 0 Å². The van der Waals surface area contributed by atoms with Crippen molar-refractivity contribution in [2.24, 2.45) is 0 Å². The Morgan fingerprint density at radius 1 is 1.55 bits per heavy atom. The van der Waals surface area contributed by atoms with Crippen LogP contribution in [0.1, 0.15) is 11.8 Å². The van der Waals surface area contributed by atoms with Crippen molar-refractivity contribution in [3.63, 3.8) is 0 Å². The minimum atomic E-state index is -0.914. The fraction of sp³-hybridized carbons (Fsp3) is 0.429. The van der Waals surface area contributed by atoms with Gasteiger partial charge < -0.3 is 15.2 Å². The van der Waals surface area contributed by atoms with Gasteiger partial charge in [-0.05, 0) is 12.1 Å². The molecule has 2 unspecified atom stereocenters. The lowest BCUT2D eigenvalue weighted by Crippen LogP contribution is -2.19. The molecule has 62 valence electrons. The second-order valence-electron chi connectivity index (χ2n) is 2.29. The van der Waals surface area contributed by atoms with Gasteiger partial charge in [-0.1, -0.05) is 0 Å². The Kier molecular flexibility index (Phi) is 2.93. The maximum atomic E-state index is 9.31. The lowest BCUT2D eigenvalue weighted by atomic mass is 10.2. The van der Waals surface area contributed by atoms with E-state index in [-0.39, 0.29) is 5.88 Å². The van der Waals surface area contributed by atoms with E-state index in [4.69, 9.17) is 16.7 Å². The summed E-state index contributed by atoms with van der Waals surface area (Å²) >= 11 is 5.34. The molecule has 4 heteroatoms. The van der Waals surface area contributed by atoms with E-state index < -0.39 is 12.2 Å².